The van der Waals surface area contributed by atoms with Gasteiger partial charge in [0, 0.05) is 5.56 Å². The predicted octanol–water partition coefficient (Wildman–Crippen LogP) is 1.53. The molecule has 19 heavy (non-hydrogen) atoms. The number of carbonyl (C=O) groups is 1. The Morgan fingerprint density at radius 2 is 1.84 bits per heavy atom. The second kappa shape index (κ2) is 6.08. The number of benzene rings is 1. The van der Waals surface area contributed by atoms with Gasteiger partial charge < -0.3 is 4.48 Å². The van der Waals surface area contributed by atoms with Crippen LogP contribution in [-0.4, -0.2) is 44.7 Å². The summed E-state index contributed by atoms with van der Waals surface area (Å²) in [5.41, 5.74) is 1.44. The molecule has 0 aliphatic heterocycles. The van der Waals surface area contributed by atoms with Crippen LogP contribution in [0, 0.1) is 0 Å². The van der Waals surface area contributed by atoms with Crippen LogP contribution in [0.1, 0.15) is 5.56 Å². The fraction of sp³-hybridized carbons (Fsp3) is 0.462. The van der Waals surface area contributed by atoms with Crippen LogP contribution in [0.2, 0.25) is 0 Å². The van der Waals surface area contributed by atoms with E-state index >= 15 is 0 Å². The zero-order chi connectivity index (χ0) is 14.5. The van der Waals surface area contributed by atoms with Crippen LogP contribution in [0.5, 0.6) is 0 Å². The van der Waals surface area contributed by atoms with Crippen molar-refractivity contribution in [3.05, 3.63) is 35.9 Å². The molecule has 0 bridgehead atoms. The second-order valence-corrected chi connectivity index (χ2v) is 5.23. The number of quaternary nitrogens is 1. The summed E-state index contributed by atoms with van der Waals surface area (Å²) in [4.78, 5) is 16.2. The minimum absolute atomic E-state index is 0.167. The maximum Gasteiger partial charge on any atom is 0.351 e. The van der Waals surface area contributed by atoms with E-state index in [4.69, 9.17) is 4.84 Å². The van der Waals surface area contributed by atoms with Crippen molar-refractivity contribution in [2.45, 2.75) is 5.92 Å². The Morgan fingerprint density at radius 3 is 2.37 bits per heavy atom. The van der Waals surface area contributed by atoms with Crippen molar-refractivity contribution in [1.82, 2.24) is 5.48 Å². The fourth-order valence-electron chi connectivity index (χ4n) is 1.28. The molecule has 6 heteroatoms. The number of hydroxylamine groups is 1. The van der Waals surface area contributed by atoms with Gasteiger partial charge in [-0.25, -0.2) is 5.48 Å². The Bertz CT molecular complexity index is 416. The van der Waals surface area contributed by atoms with Gasteiger partial charge in [-0.1, -0.05) is 30.3 Å². The summed E-state index contributed by atoms with van der Waals surface area (Å²) in [6.45, 7) is 0.761. The molecule has 0 aromatic heterocycles. The molecular formula is C13H19F2N2O2+. The molecule has 0 saturated carbocycles. The largest absolute Gasteiger partial charge is 0.351 e. The number of nitrogens with zero attached hydrogens (tertiary/aromatic N) is 1. The first kappa shape index (κ1) is 15.5. The van der Waals surface area contributed by atoms with Gasteiger partial charge in [0.15, 0.2) is 0 Å². The quantitative estimate of drug-likeness (QED) is 0.485. The lowest BCUT2D eigenvalue weighted by atomic mass is 10.1. The zero-order valence-electron chi connectivity index (χ0n) is 11.3. The van der Waals surface area contributed by atoms with Gasteiger partial charge in [0.1, 0.15) is 13.2 Å². The van der Waals surface area contributed by atoms with E-state index in [2.05, 4.69) is 0 Å². The predicted molar refractivity (Wildman–Crippen MR) is 67.3 cm³/mol. The highest BCUT2D eigenvalue weighted by molar-refractivity contribution is 5.83. The van der Waals surface area contributed by atoms with Crippen molar-refractivity contribution in [3.8, 4) is 0 Å². The second-order valence-electron chi connectivity index (χ2n) is 5.23. The van der Waals surface area contributed by atoms with Gasteiger partial charge in [0.25, 0.3) is 0 Å². The molecule has 0 saturated heterocycles. The van der Waals surface area contributed by atoms with Gasteiger partial charge in [0.05, 0.1) is 21.1 Å². The summed E-state index contributed by atoms with van der Waals surface area (Å²) in [6.07, 6.45) is 0. The van der Waals surface area contributed by atoms with Gasteiger partial charge >= 0.3 is 11.8 Å². The third-order valence-corrected chi connectivity index (χ3v) is 2.45. The third-order valence-electron chi connectivity index (χ3n) is 2.45. The summed E-state index contributed by atoms with van der Waals surface area (Å²) in [5.74, 6) is -5.06. The normalized spacial score (nSPS) is 12.3. The summed E-state index contributed by atoms with van der Waals surface area (Å²) in [7, 11) is 5.80. The molecule has 0 fully saturated rings. The molecule has 0 radical (unpaired) electrons. The monoisotopic (exact) mass is 273 g/mol. The van der Waals surface area contributed by atoms with Crippen LogP contribution in [0.25, 0.3) is 0 Å². The van der Waals surface area contributed by atoms with Crippen LogP contribution in [0.3, 0.4) is 0 Å². The van der Waals surface area contributed by atoms with Gasteiger partial charge in [-0.2, -0.15) is 8.78 Å². The van der Waals surface area contributed by atoms with Gasteiger partial charge in [0.2, 0.25) is 0 Å². The Morgan fingerprint density at radius 1 is 1.26 bits per heavy atom. The summed E-state index contributed by atoms with van der Waals surface area (Å²) < 4.78 is 28.0. The van der Waals surface area contributed by atoms with Crippen LogP contribution >= 0.6 is 0 Å². The van der Waals surface area contributed by atoms with Crippen molar-refractivity contribution in [2.24, 2.45) is 0 Å². The average molecular weight is 273 g/mol. The van der Waals surface area contributed by atoms with E-state index in [9.17, 15) is 13.6 Å². The standard InChI is InChI=1S/C13H18F2N2O2/c1-17(2,3)9-10-19-16-12(18)13(14,15)11-7-5-4-6-8-11/h4-8H,9-10H2,1-3H3/p+1. The number of hydrogen-bond acceptors (Lipinski definition) is 2. The van der Waals surface area contributed by atoms with E-state index in [0.717, 1.165) is 0 Å². The van der Waals surface area contributed by atoms with Crippen LogP contribution in [0.4, 0.5) is 8.78 Å². The van der Waals surface area contributed by atoms with Gasteiger partial charge in [-0.05, 0) is 0 Å². The maximum atomic E-state index is 13.7. The smallest absolute Gasteiger partial charge is 0.329 e. The van der Waals surface area contributed by atoms with Crippen molar-refractivity contribution in [3.63, 3.8) is 0 Å². The SMILES string of the molecule is C[N+](C)(C)CCONC(=O)C(F)(F)c1ccccc1. The lowest BCUT2D eigenvalue weighted by Gasteiger charge is -2.23. The first-order valence-corrected chi connectivity index (χ1v) is 5.89. The molecule has 0 spiro atoms. The summed E-state index contributed by atoms with van der Waals surface area (Å²) >= 11 is 0. The van der Waals surface area contributed by atoms with Crippen LogP contribution < -0.4 is 5.48 Å². The summed E-state index contributed by atoms with van der Waals surface area (Å²) in [6, 6.07) is 6.91. The number of alkyl halides is 2. The van der Waals surface area contributed by atoms with E-state index in [1.807, 2.05) is 21.1 Å². The lowest BCUT2D eigenvalue weighted by molar-refractivity contribution is -0.870. The highest BCUT2D eigenvalue weighted by atomic mass is 19.3. The third kappa shape index (κ3) is 4.92. The molecule has 1 aromatic rings. The Labute approximate surface area is 111 Å². The van der Waals surface area contributed by atoms with Crippen molar-refractivity contribution >= 4 is 5.91 Å². The molecule has 0 aliphatic carbocycles. The minimum atomic E-state index is -3.60. The van der Waals surface area contributed by atoms with Crippen LogP contribution in [0.15, 0.2) is 30.3 Å². The maximum absolute atomic E-state index is 13.7. The number of rotatable bonds is 6. The number of amides is 1. The molecule has 1 rings (SSSR count). The molecular weight excluding hydrogens is 254 g/mol. The molecule has 0 aliphatic rings. The number of hydrogen-bond donors (Lipinski definition) is 1. The van der Waals surface area contributed by atoms with Crippen molar-refractivity contribution < 1.29 is 22.9 Å². The first-order chi connectivity index (χ1) is 8.73. The Hall–Kier alpha value is -1.53. The van der Waals surface area contributed by atoms with Gasteiger partial charge in [-0.3, -0.25) is 9.63 Å². The molecule has 1 aromatic carbocycles. The van der Waals surface area contributed by atoms with E-state index in [1.165, 1.54) is 24.3 Å². The molecule has 1 N–H and O–H groups in total. The van der Waals surface area contributed by atoms with Gasteiger partial charge in [-0.15, -0.1) is 0 Å². The fourth-order valence-corrected chi connectivity index (χ4v) is 1.28. The van der Waals surface area contributed by atoms with Crippen molar-refractivity contribution in [2.75, 3.05) is 34.3 Å². The van der Waals surface area contributed by atoms with Crippen molar-refractivity contribution in [1.29, 1.82) is 0 Å². The number of carbonyl (C=O) groups excluding carboxylic acids is 1. The molecule has 106 valence electrons. The topological polar surface area (TPSA) is 38.3 Å². The van der Waals surface area contributed by atoms with E-state index in [1.54, 1.807) is 11.5 Å². The molecule has 4 nitrogen and oxygen atoms in total. The number of nitrogens with one attached hydrogen (secondary N) is 1. The Kier molecular flexibility index (Phi) is 4.97. The van der Waals surface area contributed by atoms with E-state index in [-0.39, 0.29) is 12.2 Å². The first-order valence-electron chi connectivity index (χ1n) is 5.89. The minimum Gasteiger partial charge on any atom is -0.329 e. The number of likely N-dealkylation sites (N-methyl/N-ethyl adjacent to an activating group) is 1. The molecule has 1 amide bonds. The molecule has 0 unspecified atom stereocenters. The highest BCUT2D eigenvalue weighted by Crippen LogP contribution is 2.27. The highest BCUT2D eigenvalue weighted by Gasteiger charge is 2.41. The Balaban J connectivity index is 2.49. The lowest BCUT2D eigenvalue weighted by Crippen LogP contribution is -2.42. The zero-order valence-corrected chi connectivity index (χ0v) is 11.3. The van der Waals surface area contributed by atoms with E-state index in [0.29, 0.717) is 11.0 Å². The summed E-state index contributed by atoms with van der Waals surface area (Å²) in [5, 5.41) is 0. The van der Waals surface area contributed by atoms with Crippen LogP contribution in [-0.2, 0) is 15.6 Å². The molecule has 0 heterocycles. The molecule has 0 atom stereocenters. The number of halogens is 2. The average Bonchev–Trinajstić information content (AvgIpc) is 2.34. The van der Waals surface area contributed by atoms with E-state index < -0.39 is 11.8 Å².